The van der Waals surface area contributed by atoms with E-state index in [1.54, 1.807) is 12.1 Å². The fraction of sp³-hybridized carbons (Fsp3) is 0.235. The van der Waals surface area contributed by atoms with Crippen molar-refractivity contribution in [3.63, 3.8) is 0 Å². The Morgan fingerprint density at radius 2 is 1.92 bits per heavy atom. The number of oxazole rings is 1. The van der Waals surface area contributed by atoms with Crippen molar-refractivity contribution in [1.82, 2.24) is 4.57 Å². The molecule has 2 heterocycles. The van der Waals surface area contributed by atoms with Crippen LogP contribution in [0.25, 0.3) is 11.0 Å². The quantitative estimate of drug-likeness (QED) is 0.682. The summed E-state index contributed by atoms with van der Waals surface area (Å²) in [6.07, 6.45) is 2.25. The van der Waals surface area contributed by atoms with Crippen LogP contribution in [0.3, 0.4) is 0 Å². The zero-order valence-electron chi connectivity index (χ0n) is 13.3. The van der Waals surface area contributed by atoms with Crippen molar-refractivity contribution in [3.05, 3.63) is 63.3 Å². The van der Waals surface area contributed by atoms with E-state index in [0.29, 0.717) is 11.0 Å². The standard InChI is InChI=1S/C17H16N2O5/c1-3-18(4-2)12-6-5-11-9-13(16(21)24-14(11)10-12)15(20)19-7-8-23-17(19)22/h5-10H,3-4H2,1-2H3. The molecule has 0 saturated carbocycles. The highest BCUT2D eigenvalue weighted by Gasteiger charge is 2.18. The third-order valence-electron chi connectivity index (χ3n) is 3.87. The third kappa shape index (κ3) is 2.64. The van der Waals surface area contributed by atoms with E-state index in [0.717, 1.165) is 35.8 Å². The molecule has 3 rings (SSSR count). The van der Waals surface area contributed by atoms with Crippen LogP contribution >= 0.6 is 0 Å². The maximum Gasteiger partial charge on any atom is 0.426 e. The van der Waals surface area contributed by atoms with Crippen molar-refractivity contribution in [3.8, 4) is 0 Å². The van der Waals surface area contributed by atoms with Gasteiger partial charge >= 0.3 is 11.4 Å². The van der Waals surface area contributed by atoms with E-state index in [1.165, 1.54) is 6.07 Å². The molecule has 7 heteroatoms. The second-order valence-electron chi connectivity index (χ2n) is 5.19. The van der Waals surface area contributed by atoms with Crippen LogP contribution in [0.5, 0.6) is 0 Å². The molecule has 0 fully saturated rings. The van der Waals surface area contributed by atoms with Crippen molar-refractivity contribution in [1.29, 1.82) is 0 Å². The molecule has 2 aromatic heterocycles. The van der Waals surface area contributed by atoms with Crippen molar-refractivity contribution >= 4 is 22.6 Å². The SMILES string of the molecule is CCN(CC)c1ccc2cc(C(=O)n3ccoc3=O)c(=O)oc2c1. The molecule has 0 unspecified atom stereocenters. The topological polar surface area (TPSA) is 85.7 Å². The molecule has 0 aliphatic carbocycles. The minimum atomic E-state index is -0.851. The van der Waals surface area contributed by atoms with Crippen LogP contribution in [-0.4, -0.2) is 23.6 Å². The highest BCUT2D eigenvalue weighted by Crippen LogP contribution is 2.22. The molecule has 7 nitrogen and oxygen atoms in total. The minimum Gasteiger partial charge on any atom is -0.422 e. The first-order chi connectivity index (χ1) is 11.5. The normalized spacial score (nSPS) is 10.9. The smallest absolute Gasteiger partial charge is 0.422 e. The molecule has 0 spiro atoms. The van der Waals surface area contributed by atoms with Gasteiger partial charge in [0.1, 0.15) is 17.4 Å². The fourth-order valence-corrected chi connectivity index (χ4v) is 2.58. The van der Waals surface area contributed by atoms with E-state index in [2.05, 4.69) is 9.32 Å². The molecule has 0 aliphatic rings. The van der Waals surface area contributed by atoms with Crippen molar-refractivity contribution in [2.45, 2.75) is 13.8 Å². The van der Waals surface area contributed by atoms with Crippen LogP contribution < -0.4 is 16.3 Å². The summed E-state index contributed by atoms with van der Waals surface area (Å²) >= 11 is 0. The van der Waals surface area contributed by atoms with Gasteiger partial charge in [0, 0.05) is 30.2 Å². The molecule has 1 aromatic carbocycles. The van der Waals surface area contributed by atoms with Gasteiger partial charge in [0.05, 0.1) is 6.20 Å². The van der Waals surface area contributed by atoms with Crippen LogP contribution in [0.1, 0.15) is 24.2 Å². The summed E-state index contributed by atoms with van der Waals surface area (Å²) in [7, 11) is 0. The molecule has 0 atom stereocenters. The van der Waals surface area contributed by atoms with E-state index >= 15 is 0 Å². The monoisotopic (exact) mass is 328 g/mol. The number of aromatic nitrogens is 1. The molecule has 0 radical (unpaired) electrons. The Bertz CT molecular complexity index is 1010. The maximum atomic E-state index is 12.3. The highest BCUT2D eigenvalue weighted by atomic mass is 16.4. The molecule has 0 aliphatic heterocycles. The predicted molar refractivity (Wildman–Crippen MR) is 88.7 cm³/mol. The number of benzene rings is 1. The summed E-state index contributed by atoms with van der Waals surface area (Å²) < 4.78 is 10.6. The number of carbonyl (C=O) groups is 1. The number of rotatable bonds is 4. The number of carbonyl (C=O) groups excluding carboxylic acids is 1. The molecule has 0 N–H and O–H groups in total. The lowest BCUT2D eigenvalue weighted by molar-refractivity contribution is 0.0948. The molecular formula is C17H16N2O5. The van der Waals surface area contributed by atoms with Crippen molar-refractivity contribution < 1.29 is 13.6 Å². The average molecular weight is 328 g/mol. The zero-order valence-corrected chi connectivity index (χ0v) is 13.3. The van der Waals surface area contributed by atoms with Gasteiger partial charge in [0.2, 0.25) is 0 Å². The second-order valence-corrected chi connectivity index (χ2v) is 5.19. The third-order valence-corrected chi connectivity index (χ3v) is 3.87. The Morgan fingerprint density at radius 1 is 1.17 bits per heavy atom. The summed E-state index contributed by atoms with van der Waals surface area (Å²) in [6, 6.07) is 6.87. The summed E-state index contributed by atoms with van der Waals surface area (Å²) in [5, 5.41) is 0.602. The van der Waals surface area contributed by atoms with E-state index in [1.807, 2.05) is 19.9 Å². The molecule has 0 amide bonds. The Hall–Kier alpha value is -3.09. The van der Waals surface area contributed by atoms with Crippen LogP contribution in [0.15, 0.2) is 55.1 Å². The molecule has 124 valence electrons. The molecule has 24 heavy (non-hydrogen) atoms. The van der Waals surface area contributed by atoms with E-state index < -0.39 is 17.3 Å². The lowest BCUT2D eigenvalue weighted by atomic mass is 10.1. The summed E-state index contributed by atoms with van der Waals surface area (Å²) in [6.45, 7) is 5.72. The largest absolute Gasteiger partial charge is 0.426 e. The second kappa shape index (κ2) is 6.19. The number of hydrogen-bond donors (Lipinski definition) is 0. The molecular weight excluding hydrogens is 312 g/mol. The van der Waals surface area contributed by atoms with Gasteiger partial charge in [-0.15, -0.1) is 0 Å². The number of anilines is 1. The Balaban J connectivity index is 2.10. The summed E-state index contributed by atoms with van der Waals surface area (Å²) in [4.78, 5) is 38.0. The van der Waals surface area contributed by atoms with Crippen LogP contribution in [0.4, 0.5) is 5.69 Å². The first-order valence-electron chi connectivity index (χ1n) is 7.58. The first kappa shape index (κ1) is 15.8. The minimum absolute atomic E-state index is 0.221. The average Bonchev–Trinajstić information content (AvgIpc) is 3.00. The maximum absolute atomic E-state index is 12.3. The molecule has 0 saturated heterocycles. The van der Waals surface area contributed by atoms with Gasteiger partial charge in [-0.25, -0.2) is 14.2 Å². The summed E-state index contributed by atoms with van der Waals surface area (Å²) in [5.74, 6) is -1.63. The number of nitrogens with zero attached hydrogens (tertiary/aromatic N) is 2. The van der Waals surface area contributed by atoms with Crippen LogP contribution in [-0.2, 0) is 0 Å². The number of hydrogen-bond acceptors (Lipinski definition) is 6. The lowest BCUT2D eigenvalue weighted by Crippen LogP contribution is -2.27. The van der Waals surface area contributed by atoms with Crippen LogP contribution in [0.2, 0.25) is 0 Å². The van der Waals surface area contributed by atoms with Gasteiger partial charge in [-0.3, -0.25) is 4.79 Å². The fourth-order valence-electron chi connectivity index (χ4n) is 2.58. The molecule has 0 bridgehead atoms. The Kier molecular flexibility index (Phi) is 4.07. The van der Waals surface area contributed by atoms with Gasteiger partial charge < -0.3 is 13.7 Å². The van der Waals surface area contributed by atoms with E-state index in [9.17, 15) is 14.4 Å². The van der Waals surface area contributed by atoms with Gasteiger partial charge in [0.25, 0.3) is 5.91 Å². The van der Waals surface area contributed by atoms with Crippen molar-refractivity contribution in [2.75, 3.05) is 18.0 Å². The van der Waals surface area contributed by atoms with Gasteiger partial charge in [-0.05, 0) is 32.0 Å². The van der Waals surface area contributed by atoms with Crippen LogP contribution in [0, 0.1) is 0 Å². The number of fused-ring (bicyclic) bond motifs is 1. The van der Waals surface area contributed by atoms with Gasteiger partial charge in [-0.1, -0.05) is 0 Å². The van der Waals surface area contributed by atoms with E-state index in [-0.39, 0.29) is 5.56 Å². The first-order valence-corrected chi connectivity index (χ1v) is 7.58. The Morgan fingerprint density at radius 3 is 2.54 bits per heavy atom. The van der Waals surface area contributed by atoms with Gasteiger partial charge in [-0.2, -0.15) is 0 Å². The van der Waals surface area contributed by atoms with Gasteiger partial charge in [0.15, 0.2) is 0 Å². The molecule has 3 aromatic rings. The highest BCUT2D eigenvalue weighted by molar-refractivity contribution is 5.98. The predicted octanol–water partition coefficient (Wildman–Crippen LogP) is 2.08. The zero-order chi connectivity index (χ0) is 17.3. The van der Waals surface area contributed by atoms with E-state index in [4.69, 9.17) is 4.42 Å². The lowest BCUT2D eigenvalue weighted by Gasteiger charge is -2.20. The van der Waals surface area contributed by atoms with Crippen molar-refractivity contribution in [2.24, 2.45) is 0 Å². The Labute approximate surface area is 136 Å². The summed E-state index contributed by atoms with van der Waals surface area (Å²) in [5.41, 5.74) is 0.306.